The van der Waals surface area contributed by atoms with Gasteiger partial charge in [0.1, 0.15) is 0 Å². The molecule has 2 bridgehead atoms. The number of anilines is 2. The molecule has 3 fully saturated rings. The number of carbonyl (C=O) groups is 2. The van der Waals surface area contributed by atoms with Crippen LogP contribution in [0.3, 0.4) is 0 Å². The summed E-state index contributed by atoms with van der Waals surface area (Å²) in [6.45, 7) is 3.30. The maximum Gasteiger partial charge on any atom is 0.323 e. The van der Waals surface area contributed by atoms with Crippen LogP contribution in [0, 0.1) is 5.92 Å². The normalized spacial score (nSPS) is 23.1. The minimum Gasteiger partial charge on any atom is -0.337 e. The van der Waals surface area contributed by atoms with Crippen molar-refractivity contribution in [2.75, 3.05) is 37.3 Å². The Kier molecular flexibility index (Phi) is 5.30. The summed E-state index contributed by atoms with van der Waals surface area (Å²) in [5.41, 5.74) is 2.02. The van der Waals surface area contributed by atoms with Gasteiger partial charge in [-0.1, -0.05) is 18.2 Å². The summed E-state index contributed by atoms with van der Waals surface area (Å²) in [5.74, 6) is 0.653. The van der Waals surface area contributed by atoms with Crippen LogP contribution in [0.25, 0.3) is 0 Å². The van der Waals surface area contributed by atoms with Crippen molar-refractivity contribution in [3.63, 3.8) is 0 Å². The third-order valence-electron chi connectivity index (χ3n) is 5.86. The maximum absolute atomic E-state index is 12.9. The van der Waals surface area contributed by atoms with Crippen LogP contribution in [0.5, 0.6) is 0 Å². The third-order valence-corrected chi connectivity index (χ3v) is 5.86. The van der Waals surface area contributed by atoms with Gasteiger partial charge >= 0.3 is 6.03 Å². The van der Waals surface area contributed by atoms with E-state index in [1.165, 1.54) is 12.8 Å². The highest BCUT2D eigenvalue weighted by atomic mass is 16.2. The molecule has 0 radical (unpaired) electrons. The number of piperidine rings is 3. The van der Waals surface area contributed by atoms with Gasteiger partial charge in [-0.25, -0.2) is 4.79 Å². The van der Waals surface area contributed by atoms with E-state index in [0.717, 1.165) is 25.3 Å². The molecule has 1 atom stereocenters. The molecule has 3 aliphatic heterocycles. The molecule has 146 valence electrons. The zero-order valence-electron chi connectivity index (χ0n) is 16.1. The van der Waals surface area contributed by atoms with Crippen LogP contribution in [0.2, 0.25) is 0 Å². The zero-order valence-corrected chi connectivity index (χ0v) is 16.1. The molecule has 0 saturated carbocycles. The van der Waals surface area contributed by atoms with E-state index in [2.05, 4.69) is 15.5 Å². The van der Waals surface area contributed by atoms with Crippen molar-refractivity contribution >= 4 is 23.3 Å². The molecule has 6 nitrogen and oxygen atoms in total. The summed E-state index contributed by atoms with van der Waals surface area (Å²) in [7, 11) is 1.91. The van der Waals surface area contributed by atoms with Crippen molar-refractivity contribution in [2.24, 2.45) is 5.92 Å². The van der Waals surface area contributed by atoms with E-state index in [4.69, 9.17) is 0 Å². The third kappa shape index (κ3) is 4.02. The van der Waals surface area contributed by atoms with Crippen LogP contribution in [0.1, 0.15) is 23.2 Å². The number of fused-ring (bicyclic) bond motifs is 3. The van der Waals surface area contributed by atoms with E-state index in [-0.39, 0.29) is 11.9 Å². The van der Waals surface area contributed by atoms with Gasteiger partial charge in [-0.2, -0.15) is 0 Å². The van der Waals surface area contributed by atoms with Crippen LogP contribution >= 0.6 is 0 Å². The van der Waals surface area contributed by atoms with Crippen molar-refractivity contribution in [3.8, 4) is 0 Å². The molecular formula is C22H26N4O2. The predicted octanol–water partition coefficient (Wildman–Crippen LogP) is 3.50. The summed E-state index contributed by atoms with van der Waals surface area (Å²) in [4.78, 5) is 29.3. The molecule has 3 amide bonds. The molecule has 2 aromatic carbocycles. The predicted molar refractivity (Wildman–Crippen MR) is 111 cm³/mol. The Morgan fingerprint density at radius 3 is 2.11 bits per heavy atom. The van der Waals surface area contributed by atoms with E-state index >= 15 is 0 Å². The van der Waals surface area contributed by atoms with Crippen LogP contribution in [-0.4, -0.2) is 54.5 Å². The summed E-state index contributed by atoms with van der Waals surface area (Å²) in [6, 6.07) is 16.3. The number of rotatable bonds is 4. The molecule has 0 aromatic heterocycles. The maximum atomic E-state index is 12.9. The monoisotopic (exact) mass is 378 g/mol. The van der Waals surface area contributed by atoms with E-state index < -0.39 is 0 Å². The van der Waals surface area contributed by atoms with Gasteiger partial charge < -0.3 is 20.4 Å². The molecule has 3 aliphatic rings. The topological polar surface area (TPSA) is 64.7 Å². The van der Waals surface area contributed by atoms with E-state index in [0.29, 0.717) is 23.2 Å². The average Bonchev–Trinajstić information content (AvgIpc) is 2.74. The van der Waals surface area contributed by atoms with Crippen LogP contribution in [0.4, 0.5) is 16.2 Å². The Morgan fingerprint density at radius 1 is 0.929 bits per heavy atom. The number of hydrogen-bond acceptors (Lipinski definition) is 3. The Balaban J connectivity index is 1.36. The summed E-state index contributed by atoms with van der Waals surface area (Å²) in [5, 5.41) is 5.56. The highest BCUT2D eigenvalue weighted by Crippen LogP contribution is 2.31. The Bertz CT molecular complexity index is 829. The molecule has 6 heteroatoms. The minimum absolute atomic E-state index is 0.0408. The number of benzene rings is 2. The van der Waals surface area contributed by atoms with Gasteiger partial charge in [0.05, 0.1) is 0 Å². The first-order valence-corrected chi connectivity index (χ1v) is 9.83. The van der Waals surface area contributed by atoms with Crippen molar-refractivity contribution in [3.05, 3.63) is 60.2 Å². The number of urea groups is 1. The average molecular weight is 378 g/mol. The molecule has 5 rings (SSSR count). The van der Waals surface area contributed by atoms with Gasteiger partial charge in [0.2, 0.25) is 0 Å². The lowest BCUT2D eigenvalue weighted by Gasteiger charge is -2.48. The number of nitrogens with one attached hydrogen (secondary N) is 2. The first-order chi connectivity index (χ1) is 13.6. The van der Waals surface area contributed by atoms with Crippen molar-refractivity contribution in [2.45, 2.75) is 18.9 Å². The fourth-order valence-electron chi connectivity index (χ4n) is 4.24. The molecule has 0 unspecified atom stereocenters. The Hall–Kier alpha value is -2.86. The van der Waals surface area contributed by atoms with Crippen LogP contribution in [0.15, 0.2) is 54.6 Å². The molecule has 2 aromatic rings. The molecule has 2 N–H and O–H groups in total. The standard InChI is InChI=1S/C22H26N4O2/c1-25(20-15-26-13-11-16(20)12-14-26)21(27)17-7-9-19(10-8-17)24-22(28)23-18-5-3-2-4-6-18/h2-10,16,20H,11-15H2,1H3,(H2,23,24,28)/t20-/m1/s1. The highest BCUT2D eigenvalue weighted by Gasteiger charge is 2.37. The van der Waals surface area contributed by atoms with Gasteiger partial charge in [-0.3, -0.25) is 4.79 Å². The quantitative estimate of drug-likeness (QED) is 0.856. The molecule has 3 saturated heterocycles. The zero-order chi connectivity index (χ0) is 19.5. The molecule has 0 spiro atoms. The van der Waals surface area contributed by atoms with E-state index in [9.17, 15) is 9.59 Å². The molecular weight excluding hydrogens is 352 g/mol. The Morgan fingerprint density at radius 2 is 1.54 bits per heavy atom. The second-order valence-electron chi connectivity index (χ2n) is 7.64. The number of carbonyl (C=O) groups excluding carboxylic acids is 2. The van der Waals surface area contributed by atoms with Gasteiger partial charge in [-0.05, 0) is 68.2 Å². The van der Waals surface area contributed by atoms with E-state index in [1.54, 1.807) is 24.3 Å². The lowest BCUT2D eigenvalue weighted by molar-refractivity contribution is 0.0162. The first-order valence-electron chi connectivity index (χ1n) is 9.83. The van der Waals surface area contributed by atoms with Gasteiger partial charge in [0.15, 0.2) is 0 Å². The van der Waals surface area contributed by atoms with Gasteiger partial charge in [0.25, 0.3) is 5.91 Å². The van der Waals surface area contributed by atoms with Gasteiger partial charge in [-0.15, -0.1) is 0 Å². The van der Waals surface area contributed by atoms with E-state index in [1.807, 2.05) is 42.3 Å². The second kappa shape index (κ2) is 8.02. The SMILES string of the molecule is CN(C(=O)c1ccc(NC(=O)Nc2ccccc2)cc1)[C@@H]1CN2CCC1CC2. The number of amides is 3. The lowest BCUT2D eigenvalue weighted by Crippen LogP contribution is -2.57. The fraction of sp³-hybridized carbons (Fsp3) is 0.364. The summed E-state index contributed by atoms with van der Waals surface area (Å²) < 4.78 is 0. The van der Waals surface area contributed by atoms with Crippen LogP contribution < -0.4 is 10.6 Å². The molecule has 3 heterocycles. The number of para-hydroxylation sites is 1. The molecule has 0 aliphatic carbocycles. The van der Waals surface area contributed by atoms with Crippen molar-refractivity contribution < 1.29 is 9.59 Å². The summed E-state index contributed by atoms with van der Waals surface area (Å²) >= 11 is 0. The second-order valence-corrected chi connectivity index (χ2v) is 7.64. The molecule has 28 heavy (non-hydrogen) atoms. The smallest absolute Gasteiger partial charge is 0.323 e. The van der Waals surface area contributed by atoms with Gasteiger partial charge in [0, 0.05) is 36.6 Å². The number of hydrogen-bond donors (Lipinski definition) is 2. The summed E-state index contributed by atoms with van der Waals surface area (Å²) in [6.07, 6.45) is 2.36. The number of likely N-dealkylation sites (N-methyl/N-ethyl adjacent to an activating group) is 1. The number of nitrogens with zero attached hydrogens (tertiary/aromatic N) is 2. The largest absolute Gasteiger partial charge is 0.337 e. The highest BCUT2D eigenvalue weighted by molar-refractivity contribution is 6.00. The lowest BCUT2D eigenvalue weighted by atomic mass is 9.83. The minimum atomic E-state index is -0.310. The fourth-order valence-corrected chi connectivity index (χ4v) is 4.24. The van der Waals surface area contributed by atoms with Crippen molar-refractivity contribution in [1.82, 2.24) is 9.80 Å². The van der Waals surface area contributed by atoms with Crippen molar-refractivity contribution in [1.29, 1.82) is 0 Å². The Labute approximate surface area is 165 Å². The first kappa shape index (κ1) is 18.5. The van der Waals surface area contributed by atoms with Crippen LogP contribution in [-0.2, 0) is 0 Å².